The van der Waals surface area contributed by atoms with Gasteiger partial charge in [0.2, 0.25) is 0 Å². The van der Waals surface area contributed by atoms with Crippen LogP contribution in [0.2, 0.25) is 0 Å². The smallest absolute Gasteiger partial charge is 0.0109 e. The van der Waals surface area contributed by atoms with Gasteiger partial charge in [0, 0.05) is 6.04 Å². The van der Waals surface area contributed by atoms with Crippen LogP contribution in [0, 0.1) is 5.92 Å². The first-order valence-electron chi connectivity index (χ1n) is 6.64. The standard InChI is InChI=1S/C15H23NS/c1-3-16-15(9-10-17-2)14-11-13(14)12-7-5-4-6-8-12/h4-8,13-16H,3,9-11H2,1-2H3. The Kier molecular flexibility index (Phi) is 4.93. The Morgan fingerprint density at radius 2 is 2.12 bits per heavy atom. The zero-order chi connectivity index (χ0) is 12.1. The summed E-state index contributed by atoms with van der Waals surface area (Å²) in [6, 6.07) is 11.7. The van der Waals surface area contributed by atoms with Crippen molar-refractivity contribution in [1.82, 2.24) is 5.32 Å². The minimum absolute atomic E-state index is 0.720. The van der Waals surface area contributed by atoms with Gasteiger partial charge < -0.3 is 5.32 Å². The largest absolute Gasteiger partial charge is 0.314 e. The lowest BCUT2D eigenvalue weighted by molar-refractivity contribution is 0.457. The predicted octanol–water partition coefficient (Wildman–Crippen LogP) is 3.52. The molecule has 2 heteroatoms. The molecule has 0 aliphatic heterocycles. The summed E-state index contributed by atoms with van der Waals surface area (Å²) in [4.78, 5) is 0. The molecule has 3 atom stereocenters. The van der Waals surface area contributed by atoms with Gasteiger partial charge in [0.25, 0.3) is 0 Å². The minimum Gasteiger partial charge on any atom is -0.314 e. The summed E-state index contributed by atoms with van der Waals surface area (Å²) in [6.07, 6.45) is 4.88. The van der Waals surface area contributed by atoms with E-state index in [4.69, 9.17) is 0 Å². The van der Waals surface area contributed by atoms with Gasteiger partial charge >= 0.3 is 0 Å². The molecular formula is C15H23NS. The van der Waals surface area contributed by atoms with E-state index in [1.165, 1.54) is 24.2 Å². The van der Waals surface area contributed by atoms with Crippen LogP contribution in [-0.2, 0) is 0 Å². The second-order valence-corrected chi connectivity index (χ2v) is 5.85. The van der Waals surface area contributed by atoms with Gasteiger partial charge in [0.15, 0.2) is 0 Å². The number of nitrogens with one attached hydrogen (secondary N) is 1. The number of rotatable bonds is 7. The van der Waals surface area contributed by atoms with Gasteiger partial charge in [0.1, 0.15) is 0 Å². The Labute approximate surface area is 109 Å². The van der Waals surface area contributed by atoms with Crippen molar-refractivity contribution in [3.05, 3.63) is 35.9 Å². The topological polar surface area (TPSA) is 12.0 Å². The molecule has 2 rings (SSSR count). The lowest BCUT2D eigenvalue weighted by Gasteiger charge is -2.17. The maximum atomic E-state index is 3.67. The average Bonchev–Trinajstić information content (AvgIpc) is 3.16. The molecule has 1 aliphatic rings. The molecule has 0 spiro atoms. The Balaban J connectivity index is 1.90. The fourth-order valence-electron chi connectivity index (χ4n) is 2.72. The fraction of sp³-hybridized carbons (Fsp3) is 0.600. The van der Waals surface area contributed by atoms with E-state index in [9.17, 15) is 0 Å². The fourth-order valence-corrected chi connectivity index (χ4v) is 3.21. The maximum Gasteiger partial charge on any atom is 0.0109 e. The first kappa shape index (κ1) is 13.0. The minimum atomic E-state index is 0.720. The zero-order valence-corrected chi connectivity index (χ0v) is 11.7. The third-order valence-electron chi connectivity index (χ3n) is 3.68. The van der Waals surface area contributed by atoms with Crippen LogP contribution in [-0.4, -0.2) is 24.6 Å². The van der Waals surface area contributed by atoms with E-state index in [2.05, 4.69) is 48.8 Å². The molecule has 17 heavy (non-hydrogen) atoms. The molecule has 1 saturated carbocycles. The van der Waals surface area contributed by atoms with Crippen LogP contribution < -0.4 is 5.32 Å². The maximum absolute atomic E-state index is 3.67. The molecule has 1 N–H and O–H groups in total. The second-order valence-electron chi connectivity index (χ2n) is 4.86. The van der Waals surface area contributed by atoms with Crippen LogP contribution in [0.5, 0.6) is 0 Å². The van der Waals surface area contributed by atoms with Crippen LogP contribution >= 0.6 is 11.8 Å². The van der Waals surface area contributed by atoms with Crippen molar-refractivity contribution < 1.29 is 0 Å². The normalized spacial score (nSPS) is 24.6. The summed E-state index contributed by atoms with van der Waals surface area (Å²) >= 11 is 1.96. The van der Waals surface area contributed by atoms with Gasteiger partial charge in [-0.3, -0.25) is 0 Å². The van der Waals surface area contributed by atoms with Crippen molar-refractivity contribution in [2.75, 3.05) is 18.6 Å². The van der Waals surface area contributed by atoms with Crippen molar-refractivity contribution in [1.29, 1.82) is 0 Å². The molecule has 0 saturated heterocycles. The highest BCUT2D eigenvalue weighted by Crippen LogP contribution is 2.50. The summed E-state index contributed by atoms with van der Waals surface area (Å²) in [5.74, 6) is 2.95. The van der Waals surface area contributed by atoms with E-state index in [-0.39, 0.29) is 0 Å². The molecule has 0 bridgehead atoms. The summed E-state index contributed by atoms with van der Waals surface area (Å²) in [5.41, 5.74) is 1.53. The molecule has 94 valence electrons. The summed E-state index contributed by atoms with van der Waals surface area (Å²) in [5, 5.41) is 3.67. The zero-order valence-electron chi connectivity index (χ0n) is 10.9. The first-order chi connectivity index (χ1) is 8.36. The van der Waals surface area contributed by atoms with Gasteiger partial charge in [-0.1, -0.05) is 37.3 Å². The molecule has 1 aromatic rings. The van der Waals surface area contributed by atoms with Gasteiger partial charge in [0.05, 0.1) is 0 Å². The SMILES string of the molecule is CCNC(CCSC)C1CC1c1ccccc1. The monoisotopic (exact) mass is 249 g/mol. The molecule has 0 aromatic heterocycles. The Morgan fingerprint density at radius 3 is 2.76 bits per heavy atom. The summed E-state index contributed by atoms with van der Waals surface area (Å²) in [6.45, 7) is 3.31. The van der Waals surface area contributed by atoms with Crippen molar-refractivity contribution in [2.24, 2.45) is 5.92 Å². The molecule has 1 aliphatic carbocycles. The van der Waals surface area contributed by atoms with E-state index in [0.717, 1.165) is 24.4 Å². The van der Waals surface area contributed by atoms with Crippen LogP contribution in [0.25, 0.3) is 0 Å². The van der Waals surface area contributed by atoms with E-state index in [1.807, 2.05) is 11.8 Å². The van der Waals surface area contributed by atoms with Crippen LogP contribution in [0.1, 0.15) is 31.2 Å². The van der Waals surface area contributed by atoms with Crippen molar-refractivity contribution in [3.8, 4) is 0 Å². The molecule has 3 unspecified atom stereocenters. The third kappa shape index (κ3) is 3.49. The van der Waals surface area contributed by atoms with Gasteiger partial charge in [-0.05, 0) is 48.8 Å². The van der Waals surface area contributed by atoms with Crippen LogP contribution in [0.3, 0.4) is 0 Å². The Hall–Kier alpha value is -0.470. The van der Waals surface area contributed by atoms with E-state index in [0.29, 0.717) is 0 Å². The Bertz CT molecular complexity index is 325. The Morgan fingerprint density at radius 1 is 1.35 bits per heavy atom. The lowest BCUT2D eigenvalue weighted by Crippen LogP contribution is -2.32. The van der Waals surface area contributed by atoms with E-state index in [1.54, 1.807) is 0 Å². The molecule has 0 amide bonds. The molecule has 0 radical (unpaired) electrons. The van der Waals surface area contributed by atoms with Crippen molar-refractivity contribution in [3.63, 3.8) is 0 Å². The molecule has 1 nitrogen and oxygen atoms in total. The van der Waals surface area contributed by atoms with Crippen molar-refractivity contribution >= 4 is 11.8 Å². The lowest BCUT2D eigenvalue weighted by atomic mass is 10.0. The highest BCUT2D eigenvalue weighted by atomic mass is 32.2. The highest BCUT2D eigenvalue weighted by molar-refractivity contribution is 7.98. The summed E-state index contributed by atoms with van der Waals surface area (Å²) < 4.78 is 0. The highest BCUT2D eigenvalue weighted by Gasteiger charge is 2.42. The predicted molar refractivity (Wildman–Crippen MR) is 77.8 cm³/mol. The van der Waals surface area contributed by atoms with Crippen molar-refractivity contribution in [2.45, 2.75) is 31.7 Å². The van der Waals surface area contributed by atoms with Gasteiger partial charge in [-0.2, -0.15) is 11.8 Å². The molecular weight excluding hydrogens is 226 g/mol. The molecule has 1 aromatic carbocycles. The average molecular weight is 249 g/mol. The van der Waals surface area contributed by atoms with E-state index >= 15 is 0 Å². The van der Waals surface area contributed by atoms with Gasteiger partial charge in [-0.25, -0.2) is 0 Å². The number of hydrogen-bond acceptors (Lipinski definition) is 2. The number of thioether (sulfide) groups is 1. The molecule has 0 heterocycles. The van der Waals surface area contributed by atoms with E-state index < -0.39 is 0 Å². The summed E-state index contributed by atoms with van der Waals surface area (Å²) in [7, 11) is 0. The number of benzene rings is 1. The van der Waals surface area contributed by atoms with Crippen LogP contribution in [0.15, 0.2) is 30.3 Å². The third-order valence-corrected chi connectivity index (χ3v) is 4.33. The first-order valence-corrected chi connectivity index (χ1v) is 8.03. The second kappa shape index (κ2) is 6.46. The van der Waals surface area contributed by atoms with Crippen LogP contribution in [0.4, 0.5) is 0 Å². The van der Waals surface area contributed by atoms with Gasteiger partial charge in [-0.15, -0.1) is 0 Å². The number of hydrogen-bond donors (Lipinski definition) is 1. The molecule has 1 fully saturated rings. The quantitative estimate of drug-likeness (QED) is 0.793.